The predicted molar refractivity (Wildman–Crippen MR) is 128 cm³/mol. The molecule has 2 aliphatic rings. The van der Waals surface area contributed by atoms with Crippen molar-refractivity contribution in [3.63, 3.8) is 0 Å². The van der Waals surface area contributed by atoms with Gasteiger partial charge in [-0.25, -0.2) is 8.78 Å². The van der Waals surface area contributed by atoms with Gasteiger partial charge < -0.3 is 19.7 Å². The van der Waals surface area contributed by atoms with Gasteiger partial charge in [-0.3, -0.25) is 14.5 Å². The van der Waals surface area contributed by atoms with Crippen molar-refractivity contribution in [3.8, 4) is 11.5 Å². The Bertz CT molecular complexity index is 1300. The van der Waals surface area contributed by atoms with Crippen LogP contribution < -0.4 is 19.7 Å². The molecular formula is C25H19F2N3O4S. The van der Waals surface area contributed by atoms with Gasteiger partial charge in [0.2, 0.25) is 12.7 Å². The minimum atomic E-state index is -0.904. The van der Waals surface area contributed by atoms with Gasteiger partial charge in [-0.15, -0.1) is 0 Å². The molecule has 35 heavy (non-hydrogen) atoms. The first-order valence-electron chi connectivity index (χ1n) is 10.7. The summed E-state index contributed by atoms with van der Waals surface area (Å²) in [5.74, 6) is -0.508. The molecule has 0 aliphatic carbocycles. The molecule has 7 nitrogen and oxygen atoms in total. The van der Waals surface area contributed by atoms with E-state index < -0.39 is 29.5 Å². The topological polar surface area (TPSA) is 71.1 Å². The third-order valence-electron chi connectivity index (χ3n) is 5.70. The van der Waals surface area contributed by atoms with E-state index in [1.807, 2.05) is 6.07 Å². The van der Waals surface area contributed by atoms with Crippen LogP contribution in [0.5, 0.6) is 11.5 Å². The Morgan fingerprint density at radius 1 is 0.971 bits per heavy atom. The molecule has 3 aromatic carbocycles. The maximum absolute atomic E-state index is 13.5. The number of rotatable bonds is 6. The molecule has 2 heterocycles. The highest BCUT2D eigenvalue weighted by atomic mass is 32.1. The van der Waals surface area contributed by atoms with Gasteiger partial charge >= 0.3 is 0 Å². The Labute approximate surface area is 204 Å². The van der Waals surface area contributed by atoms with Crippen LogP contribution in [0.4, 0.5) is 20.2 Å². The molecule has 0 spiro atoms. The first-order valence-corrected chi connectivity index (χ1v) is 11.1. The van der Waals surface area contributed by atoms with Crippen LogP contribution in [-0.2, 0) is 16.1 Å². The number of halogens is 2. The van der Waals surface area contributed by atoms with Crippen LogP contribution in [0, 0.1) is 11.6 Å². The first-order chi connectivity index (χ1) is 16.9. The third kappa shape index (κ3) is 4.65. The minimum absolute atomic E-state index is 0.129. The zero-order valence-electron chi connectivity index (χ0n) is 18.2. The number of hydrogen-bond donors (Lipinski definition) is 1. The third-order valence-corrected chi connectivity index (χ3v) is 6.12. The smallest absolute Gasteiger partial charge is 0.256 e. The van der Waals surface area contributed by atoms with E-state index in [2.05, 4.69) is 5.32 Å². The number of anilines is 2. The fourth-order valence-corrected chi connectivity index (χ4v) is 4.39. The van der Waals surface area contributed by atoms with E-state index in [0.29, 0.717) is 22.9 Å². The van der Waals surface area contributed by atoms with Crippen LogP contribution >= 0.6 is 12.2 Å². The molecule has 0 radical (unpaired) electrons. The SMILES string of the molecule is O=C(CC1C(=O)N(c2ccc(F)cc2)C(=S)N1Cc1ccc2c(c1)OCO2)Nc1ccc(F)cc1. The molecule has 2 amide bonds. The summed E-state index contributed by atoms with van der Waals surface area (Å²) in [6, 6.07) is 15.2. The van der Waals surface area contributed by atoms with Crippen molar-refractivity contribution < 1.29 is 27.8 Å². The van der Waals surface area contributed by atoms with E-state index in [9.17, 15) is 18.4 Å². The lowest BCUT2D eigenvalue weighted by atomic mass is 10.1. The van der Waals surface area contributed by atoms with Gasteiger partial charge in [0.1, 0.15) is 17.7 Å². The van der Waals surface area contributed by atoms with Crippen molar-refractivity contribution in [2.24, 2.45) is 0 Å². The Balaban J connectivity index is 1.41. The second-order valence-corrected chi connectivity index (χ2v) is 8.39. The molecule has 1 unspecified atom stereocenters. The molecule has 0 bridgehead atoms. The van der Waals surface area contributed by atoms with Crippen LogP contribution in [0.3, 0.4) is 0 Å². The lowest BCUT2D eigenvalue weighted by Crippen LogP contribution is -2.37. The van der Waals surface area contributed by atoms with E-state index in [4.69, 9.17) is 21.7 Å². The monoisotopic (exact) mass is 495 g/mol. The summed E-state index contributed by atoms with van der Waals surface area (Å²) in [5.41, 5.74) is 1.61. The van der Waals surface area contributed by atoms with Crippen molar-refractivity contribution in [1.29, 1.82) is 0 Å². The summed E-state index contributed by atoms with van der Waals surface area (Å²) in [4.78, 5) is 29.2. The predicted octanol–water partition coefficient (Wildman–Crippen LogP) is 4.22. The molecule has 178 valence electrons. The fraction of sp³-hybridized carbons (Fsp3) is 0.160. The normalized spacial score (nSPS) is 16.7. The highest BCUT2D eigenvalue weighted by Crippen LogP contribution is 2.34. The summed E-state index contributed by atoms with van der Waals surface area (Å²) in [7, 11) is 0. The van der Waals surface area contributed by atoms with Crippen LogP contribution in [0.15, 0.2) is 66.7 Å². The number of nitrogens with one attached hydrogen (secondary N) is 1. The Morgan fingerprint density at radius 2 is 1.63 bits per heavy atom. The Morgan fingerprint density at radius 3 is 2.34 bits per heavy atom. The molecule has 0 aromatic heterocycles. The lowest BCUT2D eigenvalue weighted by molar-refractivity contribution is -0.124. The number of fused-ring (bicyclic) bond motifs is 1. The molecular weight excluding hydrogens is 476 g/mol. The summed E-state index contributed by atoms with van der Waals surface area (Å²) in [6.45, 7) is 0.358. The average Bonchev–Trinajstić information content (AvgIpc) is 3.39. The number of hydrogen-bond acceptors (Lipinski definition) is 5. The Hall–Kier alpha value is -4.05. The van der Waals surface area contributed by atoms with E-state index in [0.717, 1.165) is 5.56 Å². The molecule has 5 rings (SSSR count). The van der Waals surface area contributed by atoms with Crippen molar-refractivity contribution >= 4 is 40.5 Å². The molecule has 0 saturated carbocycles. The molecule has 1 atom stereocenters. The zero-order valence-corrected chi connectivity index (χ0v) is 19.1. The van der Waals surface area contributed by atoms with Gasteiger partial charge in [0.25, 0.3) is 5.91 Å². The largest absolute Gasteiger partial charge is 0.454 e. The highest BCUT2D eigenvalue weighted by molar-refractivity contribution is 7.80. The molecule has 10 heteroatoms. The fourth-order valence-electron chi connectivity index (χ4n) is 4.00. The van der Waals surface area contributed by atoms with E-state index in [1.54, 1.807) is 17.0 Å². The molecule has 1 fully saturated rings. The maximum Gasteiger partial charge on any atom is 0.256 e. The highest BCUT2D eigenvalue weighted by Gasteiger charge is 2.44. The summed E-state index contributed by atoms with van der Waals surface area (Å²) in [5, 5.41) is 2.87. The average molecular weight is 496 g/mol. The zero-order chi connectivity index (χ0) is 24.5. The van der Waals surface area contributed by atoms with Gasteiger partial charge in [0, 0.05) is 12.2 Å². The standard InChI is InChI=1S/C25H19F2N3O4S/c26-16-2-6-18(7-3-16)28-23(31)12-20-24(32)30(19-8-4-17(27)5-9-19)25(35)29(20)13-15-1-10-21-22(11-15)34-14-33-21/h1-11,20H,12-14H2,(H,28,31). The van der Waals surface area contributed by atoms with Gasteiger partial charge in [-0.05, 0) is 78.4 Å². The van der Waals surface area contributed by atoms with Gasteiger partial charge in [-0.1, -0.05) is 6.07 Å². The number of ether oxygens (including phenoxy) is 2. The number of benzene rings is 3. The van der Waals surface area contributed by atoms with E-state index >= 15 is 0 Å². The van der Waals surface area contributed by atoms with Crippen molar-refractivity contribution in [2.45, 2.75) is 19.0 Å². The number of amides is 2. The maximum atomic E-state index is 13.5. The van der Waals surface area contributed by atoms with Gasteiger partial charge in [0.05, 0.1) is 12.1 Å². The molecule has 1 N–H and O–H groups in total. The van der Waals surface area contributed by atoms with Crippen molar-refractivity contribution in [2.75, 3.05) is 17.0 Å². The number of thiocarbonyl (C=S) groups is 1. The molecule has 3 aromatic rings. The van der Waals surface area contributed by atoms with Crippen LogP contribution in [0.25, 0.3) is 0 Å². The van der Waals surface area contributed by atoms with Gasteiger partial charge in [0.15, 0.2) is 16.6 Å². The second kappa shape index (κ2) is 9.30. The van der Waals surface area contributed by atoms with Crippen LogP contribution in [0.1, 0.15) is 12.0 Å². The van der Waals surface area contributed by atoms with Crippen molar-refractivity contribution in [3.05, 3.63) is 83.9 Å². The Kier molecular flexibility index (Phi) is 6.04. The summed E-state index contributed by atoms with van der Waals surface area (Å²) >= 11 is 5.63. The van der Waals surface area contributed by atoms with Crippen molar-refractivity contribution in [1.82, 2.24) is 4.90 Å². The number of carbonyl (C=O) groups excluding carboxylic acids is 2. The molecule has 2 aliphatic heterocycles. The first kappa shape index (κ1) is 22.7. The van der Waals surface area contributed by atoms with E-state index in [-0.39, 0.29) is 24.9 Å². The van der Waals surface area contributed by atoms with Crippen LogP contribution in [0.2, 0.25) is 0 Å². The van der Waals surface area contributed by atoms with Gasteiger partial charge in [-0.2, -0.15) is 0 Å². The molecule has 1 saturated heterocycles. The summed E-state index contributed by atoms with van der Waals surface area (Å²) in [6.07, 6.45) is -0.196. The second-order valence-electron chi connectivity index (χ2n) is 8.02. The lowest BCUT2D eigenvalue weighted by Gasteiger charge is -2.24. The van der Waals surface area contributed by atoms with E-state index in [1.165, 1.54) is 53.4 Å². The number of carbonyl (C=O) groups is 2. The minimum Gasteiger partial charge on any atom is -0.454 e. The number of nitrogens with zero attached hydrogens (tertiary/aromatic N) is 2. The summed E-state index contributed by atoms with van der Waals surface area (Å²) < 4.78 is 37.5. The van der Waals surface area contributed by atoms with Crippen LogP contribution in [-0.4, -0.2) is 34.7 Å². The quantitative estimate of drug-likeness (QED) is 0.517.